The van der Waals surface area contributed by atoms with E-state index in [0.717, 1.165) is 38.1 Å². The highest BCUT2D eigenvalue weighted by atomic mass is 16.5. The zero-order valence-electron chi connectivity index (χ0n) is 17.7. The van der Waals surface area contributed by atoms with Gasteiger partial charge in [0.05, 0.1) is 12.7 Å². The summed E-state index contributed by atoms with van der Waals surface area (Å²) in [4.78, 5) is 25.7. The largest absolute Gasteiger partial charge is 0.492 e. The molecule has 2 bridgehead atoms. The highest BCUT2D eigenvalue weighted by molar-refractivity contribution is 5.91. The third kappa shape index (κ3) is 5.57. The number of piperidine rings is 1. The van der Waals surface area contributed by atoms with E-state index in [1.807, 2.05) is 11.0 Å². The van der Waals surface area contributed by atoms with Gasteiger partial charge in [-0.2, -0.15) is 0 Å². The molecular weight excluding hydrogens is 376 g/mol. The van der Waals surface area contributed by atoms with Crippen molar-refractivity contribution in [2.24, 2.45) is 0 Å². The lowest BCUT2D eigenvalue weighted by Crippen LogP contribution is -2.41. The molecule has 1 amide bonds. The van der Waals surface area contributed by atoms with Crippen LogP contribution in [0.5, 0.6) is 5.75 Å². The van der Waals surface area contributed by atoms with E-state index in [1.165, 1.54) is 37.8 Å². The molecule has 2 aromatic rings. The maximum Gasteiger partial charge on any atom is 0.274 e. The van der Waals surface area contributed by atoms with Crippen LogP contribution in [0.3, 0.4) is 0 Å². The zero-order chi connectivity index (χ0) is 20.6. The summed E-state index contributed by atoms with van der Waals surface area (Å²) in [6.45, 7) is 4.07. The van der Waals surface area contributed by atoms with Gasteiger partial charge in [0.2, 0.25) is 0 Å². The Morgan fingerprint density at radius 2 is 1.87 bits per heavy atom. The first kappa shape index (κ1) is 20.8. The van der Waals surface area contributed by atoms with Gasteiger partial charge >= 0.3 is 0 Å². The Morgan fingerprint density at radius 3 is 2.73 bits per heavy atom. The number of hydrogen-bond donors (Lipinski definition) is 0. The van der Waals surface area contributed by atoms with Gasteiger partial charge in [-0.1, -0.05) is 18.6 Å². The molecule has 4 rings (SSSR count). The van der Waals surface area contributed by atoms with Crippen LogP contribution in [-0.4, -0.2) is 64.5 Å². The molecule has 1 atom stereocenters. The molecule has 0 saturated carbocycles. The summed E-state index contributed by atoms with van der Waals surface area (Å²) in [5.41, 5.74) is 1.73. The minimum atomic E-state index is -0.0689. The van der Waals surface area contributed by atoms with Crippen LogP contribution >= 0.6 is 0 Å². The van der Waals surface area contributed by atoms with Crippen molar-refractivity contribution in [3.63, 3.8) is 0 Å². The van der Waals surface area contributed by atoms with Crippen LogP contribution in [-0.2, 0) is 6.42 Å². The molecule has 1 unspecified atom stereocenters. The Kier molecular flexibility index (Phi) is 7.29. The van der Waals surface area contributed by atoms with Crippen molar-refractivity contribution in [3.8, 4) is 5.75 Å². The number of benzene rings is 1. The maximum atomic E-state index is 13.0. The summed E-state index contributed by atoms with van der Waals surface area (Å²) in [5, 5.41) is 0. The molecule has 6 heteroatoms. The fraction of sp³-hybridized carbons (Fsp3) is 0.542. The molecule has 6 nitrogen and oxygen atoms in total. The normalized spacial score (nSPS) is 21.6. The highest BCUT2D eigenvalue weighted by Crippen LogP contribution is 2.23. The second kappa shape index (κ2) is 10.5. The molecule has 0 N–H and O–H groups in total. The fourth-order valence-electron chi connectivity index (χ4n) is 4.58. The molecule has 30 heavy (non-hydrogen) atoms. The molecule has 1 aromatic heterocycles. The predicted octanol–water partition coefficient (Wildman–Crippen LogP) is 3.58. The second-order valence-corrected chi connectivity index (χ2v) is 8.31. The summed E-state index contributed by atoms with van der Waals surface area (Å²) >= 11 is 0. The molecule has 2 aliphatic heterocycles. The first-order chi connectivity index (χ1) is 14.8. The summed E-state index contributed by atoms with van der Waals surface area (Å²) in [6, 6.07) is 9.10. The van der Waals surface area contributed by atoms with Crippen molar-refractivity contribution in [1.29, 1.82) is 0 Å². The lowest BCUT2D eigenvalue weighted by Gasteiger charge is -2.36. The van der Waals surface area contributed by atoms with Crippen molar-refractivity contribution in [2.75, 3.05) is 32.8 Å². The van der Waals surface area contributed by atoms with E-state index in [4.69, 9.17) is 4.74 Å². The van der Waals surface area contributed by atoms with Crippen molar-refractivity contribution >= 4 is 5.91 Å². The average molecular weight is 409 g/mol. The Hall–Kier alpha value is -2.47. The SMILES string of the molecule is O=C(c1cnccn1)N1CCCCN2CCCCC2CCc2cccc(c2)OCC1. The monoisotopic (exact) mass is 408 g/mol. The van der Waals surface area contributed by atoms with Crippen LogP contribution in [0.4, 0.5) is 0 Å². The second-order valence-electron chi connectivity index (χ2n) is 8.31. The Balaban J connectivity index is 1.48. The molecule has 3 heterocycles. The van der Waals surface area contributed by atoms with Crippen LogP contribution in [0.1, 0.15) is 54.6 Å². The van der Waals surface area contributed by atoms with E-state index >= 15 is 0 Å². The van der Waals surface area contributed by atoms with Crippen molar-refractivity contribution in [2.45, 2.75) is 51.0 Å². The number of hydrogen-bond acceptors (Lipinski definition) is 5. The van der Waals surface area contributed by atoms with Crippen molar-refractivity contribution in [3.05, 3.63) is 54.1 Å². The Morgan fingerprint density at radius 1 is 1.00 bits per heavy atom. The van der Waals surface area contributed by atoms with Crippen LogP contribution < -0.4 is 4.74 Å². The van der Waals surface area contributed by atoms with Gasteiger partial charge in [0.25, 0.3) is 5.91 Å². The van der Waals surface area contributed by atoms with Gasteiger partial charge < -0.3 is 14.5 Å². The van der Waals surface area contributed by atoms with Gasteiger partial charge in [-0.15, -0.1) is 0 Å². The third-order valence-electron chi connectivity index (χ3n) is 6.24. The number of aryl methyl sites for hydroxylation is 1. The quantitative estimate of drug-likeness (QED) is 0.722. The predicted molar refractivity (Wildman–Crippen MR) is 117 cm³/mol. The smallest absolute Gasteiger partial charge is 0.274 e. The van der Waals surface area contributed by atoms with Crippen LogP contribution in [0.25, 0.3) is 0 Å². The first-order valence-electron chi connectivity index (χ1n) is 11.3. The van der Waals surface area contributed by atoms with Gasteiger partial charge in [-0.05, 0) is 69.3 Å². The van der Waals surface area contributed by atoms with E-state index in [0.29, 0.717) is 24.9 Å². The number of nitrogens with zero attached hydrogens (tertiary/aromatic N) is 4. The minimum absolute atomic E-state index is 0.0689. The number of carbonyl (C=O) groups is 1. The number of amides is 1. The molecule has 160 valence electrons. The third-order valence-corrected chi connectivity index (χ3v) is 6.24. The lowest BCUT2D eigenvalue weighted by molar-refractivity contribution is 0.0715. The van der Waals surface area contributed by atoms with E-state index < -0.39 is 0 Å². The molecule has 0 radical (unpaired) electrons. The van der Waals surface area contributed by atoms with Crippen LogP contribution in [0, 0.1) is 0 Å². The van der Waals surface area contributed by atoms with Crippen LogP contribution in [0.15, 0.2) is 42.9 Å². The fourth-order valence-corrected chi connectivity index (χ4v) is 4.58. The number of carbonyl (C=O) groups excluding carboxylic acids is 1. The van der Waals surface area contributed by atoms with E-state index in [2.05, 4.69) is 33.1 Å². The lowest BCUT2D eigenvalue weighted by atomic mass is 9.95. The molecular formula is C24H32N4O2. The molecule has 2 aliphatic rings. The molecule has 0 aliphatic carbocycles. The topological polar surface area (TPSA) is 58.6 Å². The minimum Gasteiger partial charge on any atom is -0.492 e. The standard InChI is InChI=1S/C24H32N4O2/c29-24(23-19-25-11-12-26-23)28-15-4-3-14-27-13-2-1-7-21(27)10-9-20-6-5-8-22(18-20)30-17-16-28/h5-6,8,11-12,18-19,21H,1-4,7,9-10,13-17H2. The maximum absolute atomic E-state index is 13.0. The number of aromatic nitrogens is 2. The zero-order valence-corrected chi connectivity index (χ0v) is 17.7. The molecule has 0 spiro atoms. The van der Waals surface area contributed by atoms with Gasteiger partial charge in [-0.3, -0.25) is 9.78 Å². The van der Waals surface area contributed by atoms with E-state index in [9.17, 15) is 4.79 Å². The molecule has 1 aromatic carbocycles. The molecule has 1 saturated heterocycles. The van der Waals surface area contributed by atoms with Crippen molar-refractivity contribution in [1.82, 2.24) is 19.8 Å². The summed E-state index contributed by atoms with van der Waals surface area (Å²) in [5.74, 6) is 0.815. The Labute approximate surface area is 179 Å². The number of ether oxygens (including phenoxy) is 1. The summed E-state index contributed by atoms with van der Waals surface area (Å²) in [7, 11) is 0. The van der Waals surface area contributed by atoms with E-state index in [1.54, 1.807) is 18.6 Å². The van der Waals surface area contributed by atoms with Gasteiger partial charge in [0.15, 0.2) is 0 Å². The number of rotatable bonds is 1. The highest BCUT2D eigenvalue weighted by Gasteiger charge is 2.22. The average Bonchev–Trinajstić information content (AvgIpc) is 2.80. The van der Waals surface area contributed by atoms with Gasteiger partial charge in [-0.25, -0.2) is 4.98 Å². The van der Waals surface area contributed by atoms with Gasteiger partial charge in [0, 0.05) is 25.0 Å². The Bertz CT molecular complexity index is 814. The van der Waals surface area contributed by atoms with Gasteiger partial charge in [0.1, 0.15) is 18.1 Å². The molecule has 1 fully saturated rings. The van der Waals surface area contributed by atoms with E-state index in [-0.39, 0.29) is 5.91 Å². The summed E-state index contributed by atoms with van der Waals surface area (Å²) in [6.07, 6.45) is 13.0. The number of fused-ring (bicyclic) bond motifs is 3. The van der Waals surface area contributed by atoms with Crippen LogP contribution in [0.2, 0.25) is 0 Å². The first-order valence-corrected chi connectivity index (χ1v) is 11.3. The summed E-state index contributed by atoms with van der Waals surface area (Å²) < 4.78 is 6.01. The van der Waals surface area contributed by atoms with Crippen molar-refractivity contribution < 1.29 is 9.53 Å².